The topological polar surface area (TPSA) is 45.2 Å². The molecule has 0 fully saturated rings. The van der Waals surface area contributed by atoms with Crippen molar-refractivity contribution in [2.45, 2.75) is 0 Å². The highest BCUT2D eigenvalue weighted by molar-refractivity contribution is 7.19. The fourth-order valence-electron chi connectivity index (χ4n) is 1.81. The van der Waals surface area contributed by atoms with Gasteiger partial charge >= 0.3 is 0 Å². The standard InChI is InChI=1S/C16H12N2OS/c1-17-12-5-2-11(3-6-12)4-9-16-18-14-8-7-13(19)10-15(14)20-16/h2-3,5-8,10,17,19H,1H3. The number of aromatic nitrogens is 1. The molecule has 0 radical (unpaired) electrons. The summed E-state index contributed by atoms with van der Waals surface area (Å²) in [7, 11) is 1.89. The van der Waals surface area contributed by atoms with Crippen LogP contribution in [0, 0.1) is 11.8 Å². The fourth-order valence-corrected chi connectivity index (χ4v) is 2.66. The van der Waals surface area contributed by atoms with E-state index in [9.17, 15) is 5.11 Å². The molecule has 3 nitrogen and oxygen atoms in total. The zero-order valence-electron chi connectivity index (χ0n) is 10.8. The summed E-state index contributed by atoms with van der Waals surface area (Å²) >= 11 is 1.48. The van der Waals surface area contributed by atoms with Crippen molar-refractivity contribution in [1.82, 2.24) is 4.98 Å². The summed E-state index contributed by atoms with van der Waals surface area (Å²) in [4.78, 5) is 4.42. The lowest BCUT2D eigenvalue weighted by atomic mass is 10.2. The molecule has 1 heterocycles. The van der Waals surface area contributed by atoms with Gasteiger partial charge in [0, 0.05) is 18.3 Å². The Labute approximate surface area is 120 Å². The van der Waals surface area contributed by atoms with Crippen molar-refractivity contribution < 1.29 is 5.11 Å². The first kappa shape index (κ1) is 12.5. The van der Waals surface area contributed by atoms with Crippen LogP contribution >= 0.6 is 11.3 Å². The molecule has 0 aliphatic rings. The number of thiazole rings is 1. The van der Waals surface area contributed by atoms with Gasteiger partial charge in [-0.05, 0) is 48.4 Å². The van der Waals surface area contributed by atoms with E-state index in [0.717, 1.165) is 26.5 Å². The summed E-state index contributed by atoms with van der Waals surface area (Å²) in [5, 5.41) is 13.3. The van der Waals surface area contributed by atoms with Crippen LogP contribution in [-0.4, -0.2) is 17.1 Å². The van der Waals surface area contributed by atoms with Crippen LogP contribution in [0.4, 0.5) is 5.69 Å². The summed E-state index contributed by atoms with van der Waals surface area (Å²) in [6, 6.07) is 13.1. The van der Waals surface area contributed by atoms with Crippen LogP contribution < -0.4 is 5.32 Å². The van der Waals surface area contributed by atoms with E-state index in [1.807, 2.05) is 31.3 Å². The van der Waals surface area contributed by atoms with Gasteiger partial charge in [0.15, 0.2) is 5.01 Å². The quantitative estimate of drug-likeness (QED) is 0.671. The lowest BCUT2D eigenvalue weighted by Gasteiger charge is -1.97. The molecule has 0 saturated carbocycles. The summed E-state index contributed by atoms with van der Waals surface area (Å²) in [6.07, 6.45) is 0. The van der Waals surface area contributed by atoms with E-state index in [2.05, 4.69) is 22.1 Å². The highest BCUT2D eigenvalue weighted by Gasteiger charge is 2.02. The number of aromatic hydroxyl groups is 1. The molecule has 3 rings (SSSR count). The molecule has 20 heavy (non-hydrogen) atoms. The number of benzene rings is 2. The van der Waals surface area contributed by atoms with E-state index in [4.69, 9.17) is 0 Å². The Morgan fingerprint density at radius 1 is 1.10 bits per heavy atom. The zero-order chi connectivity index (χ0) is 13.9. The molecule has 98 valence electrons. The molecule has 0 unspecified atom stereocenters. The van der Waals surface area contributed by atoms with E-state index >= 15 is 0 Å². The van der Waals surface area contributed by atoms with Gasteiger partial charge in [0.25, 0.3) is 0 Å². The highest BCUT2D eigenvalue weighted by atomic mass is 32.1. The molecule has 0 bridgehead atoms. The van der Waals surface area contributed by atoms with Gasteiger partial charge in [-0.15, -0.1) is 11.3 Å². The maximum Gasteiger partial charge on any atom is 0.168 e. The smallest absolute Gasteiger partial charge is 0.168 e. The van der Waals surface area contributed by atoms with Gasteiger partial charge < -0.3 is 10.4 Å². The number of phenolic OH excluding ortho intramolecular Hbond substituents is 1. The van der Waals surface area contributed by atoms with Crippen molar-refractivity contribution in [3.05, 3.63) is 53.0 Å². The molecule has 0 aliphatic carbocycles. The third kappa shape index (κ3) is 2.58. The molecule has 0 amide bonds. The number of hydrogen-bond acceptors (Lipinski definition) is 4. The largest absolute Gasteiger partial charge is 0.508 e. The minimum atomic E-state index is 0.253. The fraction of sp³-hybridized carbons (Fsp3) is 0.0625. The normalized spacial score (nSPS) is 10.1. The van der Waals surface area contributed by atoms with Gasteiger partial charge in [-0.1, -0.05) is 5.92 Å². The van der Waals surface area contributed by atoms with Crippen molar-refractivity contribution in [2.75, 3.05) is 12.4 Å². The molecule has 1 aromatic heterocycles. The number of nitrogens with zero attached hydrogens (tertiary/aromatic N) is 1. The van der Waals surface area contributed by atoms with E-state index in [1.165, 1.54) is 11.3 Å². The first-order chi connectivity index (χ1) is 9.74. The second kappa shape index (κ2) is 5.24. The van der Waals surface area contributed by atoms with E-state index in [0.29, 0.717) is 0 Å². The maximum absolute atomic E-state index is 9.43. The zero-order valence-corrected chi connectivity index (χ0v) is 11.7. The minimum Gasteiger partial charge on any atom is -0.508 e. The Balaban J connectivity index is 1.90. The van der Waals surface area contributed by atoms with Gasteiger partial charge in [0.1, 0.15) is 5.75 Å². The molecular weight excluding hydrogens is 268 g/mol. The Hall–Kier alpha value is -2.51. The van der Waals surface area contributed by atoms with Crippen LogP contribution in [0.15, 0.2) is 42.5 Å². The molecule has 0 saturated heterocycles. The number of phenols is 1. The molecule has 2 N–H and O–H groups in total. The van der Waals surface area contributed by atoms with Crippen molar-refractivity contribution >= 4 is 27.2 Å². The molecule has 0 aliphatic heterocycles. The third-order valence-corrected chi connectivity index (χ3v) is 3.79. The summed E-state index contributed by atoms with van der Waals surface area (Å²) in [5.41, 5.74) is 2.87. The van der Waals surface area contributed by atoms with Crippen LogP contribution in [0.25, 0.3) is 10.2 Å². The highest BCUT2D eigenvalue weighted by Crippen LogP contribution is 2.25. The first-order valence-corrected chi connectivity index (χ1v) is 6.95. The molecule has 0 atom stereocenters. The van der Waals surface area contributed by atoms with Crippen LogP contribution in [0.3, 0.4) is 0 Å². The molecular formula is C16H12N2OS. The summed E-state index contributed by atoms with van der Waals surface area (Å²) in [5.74, 6) is 6.41. The lowest BCUT2D eigenvalue weighted by Crippen LogP contribution is -1.86. The molecule has 3 aromatic rings. The van der Waals surface area contributed by atoms with Crippen molar-refractivity contribution in [3.63, 3.8) is 0 Å². The Morgan fingerprint density at radius 3 is 2.65 bits per heavy atom. The monoisotopic (exact) mass is 280 g/mol. The van der Waals surface area contributed by atoms with Crippen LogP contribution in [0.2, 0.25) is 0 Å². The van der Waals surface area contributed by atoms with E-state index in [1.54, 1.807) is 18.2 Å². The maximum atomic E-state index is 9.43. The van der Waals surface area contributed by atoms with Gasteiger partial charge in [-0.3, -0.25) is 0 Å². The van der Waals surface area contributed by atoms with Gasteiger partial charge in [0.05, 0.1) is 10.2 Å². The summed E-state index contributed by atoms with van der Waals surface area (Å²) < 4.78 is 0.944. The van der Waals surface area contributed by atoms with Crippen molar-refractivity contribution in [2.24, 2.45) is 0 Å². The third-order valence-electron chi connectivity index (χ3n) is 2.86. The number of rotatable bonds is 1. The lowest BCUT2D eigenvalue weighted by molar-refractivity contribution is 0.476. The van der Waals surface area contributed by atoms with Crippen LogP contribution in [0.5, 0.6) is 5.75 Å². The predicted octanol–water partition coefficient (Wildman–Crippen LogP) is 3.44. The van der Waals surface area contributed by atoms with Gasteiger partial charge in [-0.25, -0.2) is 4.98 Å². The SMILES string of the molecule is CNc1ccc(C#Cc2nc3ccc(O)cc3s2)cc1. The molecule has 2 aromatic carbocycles. The van der Waals surface area contributed by atoms with E-state index in [-0.39, 0.29) is 5.75 Å². The van der Waals surface area contributed by atoms with Gasteiger partial charge in [-0.2, -0.15) is 0 Å². The number of anilines is 1. The van der Waals surface area contributed by atoms with Crippen molar-refractivity contribution in [3.8, 4) is 17.6 Å². The Morgan fingerprint density at radius 2 is 1.90 bits per heavy atom. The van der Waals surface area contributed by atoms with E-state index < -0.39 is 0 Å². The van der Waals surface area contributed by atoms with Crippen LogP contribution in [0.1, 0.15) is 10.6 Å². The minimum absolute atomic E-state index is 0.253. The first-order valence-electron chi connectivity index (χ1n) is 6.14. The Kier molecular flexibility index (Phi) is 3.28. The predicted molar refractivity (Wildman–Crippen MR) is 83.3 cm³/mol. The number of fused-ring (bicyclic) bond motifs is 1. The number of hydrogen-bond donors (Lipinski definition) is 2. The van der Waals surface area contributed by atoms with Crippen molar-refractivity contribution in [1.29, 1.82) is 0 Å². The average Bonchev–Trinajstić information content (AvgIpc) is 2.87. The van der Waals surface area contributed by atoms with Gasteiger partial charge in [0.2, 0.25) is 0 Å². The second-order valence-corrected chi connectivity index (χ2v) is 5.28. The summed E-state index contributed by atoms with van der Waals surface area (Å²) in [6.45, 7) is 0. The molecule has 0 spiro atoms. The van der Waals surface area contributed by atoms with Crippen LogP contribution in [-0.2, 0) is 0 Å². The number of nitrogens with one attached hydrogen (secondary N) is 1. The average molecular weight is 280 g/mol. The second-order valence-electron chi connectivity index (χ2n) is 4.25. The Bertz CT molecular complexity index is 810. The molecule has 4 heteroatoms.